The molecule has 0 saturated carbocycles. The van der Waals surface area contributed by atoms with Crippen LogP contribution in [0, 0.1) is 11.6 Å². The van der Waals surface area contributed by atoms with Gasteiger partial charge in [0.15, 0.2) is 5.78 Å². The van der Waals surface area contributed by atoms with Crippen LogP contribution in [-0.2, 0) is 9.53 Å². The van der Waals surface area contributed by atoms with E-state index >= 15 is 0 Å². The second kappa shape index (κ2) is 5.98. The van der Waals surface area contributed by atoms with Crippen LogP contribution in [0.15, 0.2) is 24.4 Å². The zero-order valence-electron chi connectivity index (χ0n) is 12.6. The summed E-state index contributed by atoms with van der Waals surface area (Å²) in [5, 5.41) is 0. The number of hydrogen-bond donors (Lipinski definition) is 0. The van der Waals surface area contributed by atoms with E-state index in [0.717, 1.165) is 17.0 Å². The highest BCUT2D eigenvalue weighted by molar-refractivity contribution is 5.92. The van der Waals surface area contributed by atoms with E-state index in [4.69, 9.17) is 4.74 Å². The van der Waals surface area contributed by atoms with Crippen molar-refractivity contribution in [3.63, 3.8) is 0 Å². The van der Waals surface area contributed by atoms with Crippen LogP contribution in [0.4, 0.5) is 25.0 Å². The lowest BCUT2D eigenvalue weighted by molar-refractivity contribution is -0.114. The Morgan fingerprint density at radius 2 is 1.91 bits per heavy atom. The molecule has 0 bridgehead atoms. The molecule has 0 aromatic heterocycles. The molecule has 1 fully saturated rings. The van der Waals surface area contributed by atoms with E-state index in [1.165, 1.54) is 17.2 Å². The Balaban J connectivity index is 1.90. The lowest BCUT2D eigenvalue weighted by atomic mass is 10.1. The van der Waals surface area contributed by atoms with E-state index < -0.39 is 17.7 Å². The van der Waals surface area contributed by atoms with Crippen molar-refractivity contribution in [3.8, 4) is 0 Å². The molecule has 0 unspecified atom stereocenters. The third kappa shape index (κ3) is 2.91. The predicted molar refractivity (Wildman–Crippen MR) is 80.4 cm³/mol. The minimum atomic E-state index is -0.708. The van der Waals surface area contributed by atoms with Crippen molar-refractivity contribution < 1.29 is 23.1 Å². The molecule has 1 atom stereocenters. The summed E-state index contributed by atoms with van der Waals surface area (Å²) >= 11 is 0. The van der Waals surface area contributed by atoms with Crippen molar-refractivity contribution in [2.24, 2.45) is 0 Å². The summed E-state index contributed by atoms with van der Waals surface area (Å²) in [6.07, 6.45) is 2.62. The van der Waals surface area contributed by atoms with Crippen LogP contribution in [0.3, 0.4) is 0 Å². The summed E-state index contributed by atoms with van der Waals surface area (Å²) in [4.78, 5) is 25.5. The van der Waals surface area contributed by atoms with Gasteiger partial charge in [0.05, 0.1) is 17.9 Å². The van der Waals surface area contributed by atoms with E-state index in [2.05, 4.69) is 0 Å². The number of amides is 1. The topological polar surface area (TPSA) is 49.9 Å². The molecule has 122 valence electrons. The van der Waals surface area contributed by atoms with Crippen molar-refractivity contribution in [1.29, 1.82) is 0 Å². The summed E-state index contributed by atoms with van der Waals surface area (Å²) in [6, 6.07) is 2.03. The van der Waals surface area contributed by atoms with E-state index in [1.54, 1.807) is 0 Å². The highest BCUT2D eigenvalue weighted by atomic mass is 19.1. The van der Waals surface area contributed by atoms with E-state index in [1.807, 2.05) is 6.92 Å². The molecule has 1 amide bonds. The van der Waals surface area contributed by atoms with Gasteiger partial charge in [-0.2, -0.15) is 0 Å². The number of halogens is 2. The first-order chi connectivity index (χ1) is 11.0. The first-order valence-electron chi connectivity index (χ1n) is 7.44. The Kier molecular flexibility index (Phi) is 4.02. The van der Waals surface area contributed by atoms with Gasteiger partial charge in [-0.1, -0.05) is 6.92 Å². The van der Waals surface area contributed by atoms with Crippen molar-refractivity contribution in [1.82, 2.24) is 0 Å². The van der Waals surface area contributed by atoms with Gasteiger partial charge in [-0.3, -0.25) is 9.69 Å². The quantitative estimate of drug-likeness (QED) is 0.858. The van der Waals surface area contributed by atoms with Gasteiger partial charge in [-0.05, 0) is 12.5 Å². The SMILES string of the molecule is CC[C@H]1CN(c2cc(F)c(N3C=CC(=O)CC3)cc2F)C(=O)O1. The molecule has 1 aromatic rings. The smallest absolute Gasteiger partial charge is 0.414 e. The highest BCUT2D eigenvalue weighted by Crippen LogP contribution is 2.32. The highest BCUT2D eigenvalue weighted by Gasteiger charge is 2.33. The number of nitrogens with zero attached hydrogens (tertiary/aromatic N) is 2. The Hall–Kier alpha value is -2.44. The minimum Gasteiger partial charge on any atom is -0.444 e. The Morgan fingerprint density at radius 3 is 2.52 bits per heavy atom. The van der Waals surface area contributed by atoms with Crippen LogP contribution in [0.25, 0.3) is 0 Å². The Bertz CT molecular complexity index is 690. The fourth-order valence-corrected chi connectivity index (χ4v) is 2.65. The summed E-state index contributed by atoms with van der Waals surface area (Å²) in [5.41, 5.74) is -0.0983. The molecule has 0 spiro atoms. The van der Waals surface area contributed by atoms with E-state index in [9.17, 15) is 18.4 Å². The average molecular weight is 322 g/mol. The van der Waals surface area contributed by atoms with E-state index in [0.29, 0.717) is 6.42 Å². The van der Waals surface area contributed by atoms with Gasteiger partial charge in [0.2, 0.25) is 0 Å². The first-order valence-corrected chi connectivity index (χ1v) is 7.44. The standard InChI is InChI=1S/C16H16F2N2O3/c1-2-11-9-20(16(22)23-11)15-8-12(17)14(7-13(15)18)19-5-3-10(21)4-6-19/h3,5,7-8,11H,2,4,6,9H2,1H3/t11-/m0/s1. The normalized spacial score (nSPS) is 21.1. The average Bonchev–Trinajstić information content (AvgIpc) is 2.91. The lowest BCUT2D eigenvalue weighted by Gasteiger charge is -2.24. The third-order valence-corrected chi connectivity index (χ3v) is 3.99. The summed E-state index contributed by atoms with van der Waals surface area (Å²) in [6.45, 7) is 2.34. The second-order valence-electron chi connectivity index (χ2n) is 5.51. The number of ketones is 1. The molecule has 3 rings (SSSR count). The van der Waals surface area contributed by atoms with Gasteiger partial charge in [0.25, 0.3) is 0 Å². The Labute approximate surface area is 132 Å². The molecule has 2 aliphatic heterocycles. The van der Waals surface area contributed by atoms with Crippen molar-refractivity contribution in [2.45, 2.75) is 25.9 Å². The Morgan fingerprint density at radius 1 is 1.22 bits per heavy atom. The van der Waals surface area contributed by atoms with Gasteiger partial charge < -0.3 is 9.64 Å². The number of hydrogen-bond acceptors (Lipinski definition) is 4. The van der Waals surface area contributed by atoms with Gasteiger partial charge >= 0.3 is 6.09 Å². The van der Waals surface area contributed by atoms with Crippen LogP contribution in [-0.4, -0.2) is 31.1 Å². The number of rotatable bonds is 3. The fraction of sp³-hybridized carbons (Fsp3) is 0.375. The molecule has 7 heteroatoms. The number of benzene rings is 1. The largest absolute Gasteiger partial charge is 0.444 e. The maximum Gasteiger partial charge on any atom is 0.414 e. The molecule has 2 aliphatic rings. The summed E-state index contributed by atoms with van der Waals surface area (Å²) in [7, 11) is 0. The zero-order valence-corrected chi connectivity index (χ0v) is 12.6. The molecular formula is C16H16F2N2O3. The predicted octanol–water partition coefficient (Wildman–Crippen LogP) is 2.99. The molecule has 1 aromatic carbocycles. The molecule has 0 aliphatic carbocycles. The third-order valence-electron chi connectivity index (χ3n) is 3.99. The molecule has 2 heterocycles. The summed E-state index contributed by atoms with van der Waals surface area (Å²) < 4.78 is 33.8. The molecule has 0 N–H and O–H groups in total. The zero-order chi connectivity index (χ0) is 16.6. The van der Waals surface area contributed by atoms with Crippen LogP contribution in [0.5, 0.6) is 0 Å². The van der Waals surface area contributed by atoms with Gasteiger partial charge in [0, 0.05) is 31.3 Å². The number of anilines is 2. The number of cyclic esters (lactones) is 1. The number of allylic oxidation sites excluding steroid dienone is 1. The molecule has 1 saturated heterocycles. The molecular weight excluding hydrogens is 306 g/mol. The van der Waals surface area contributed by atoms with Gasteiger partial charge in [-0.15, -0.1) is 0 Å². The van der Waals surface area contributed by atoms with Crippen LogP contribution < -0.4 is 9.80 Å². The first kappa shape index (κ1) is 15.5. The monoisotopic (exact) mass is 322 g/mol. The number of ether oxygens (including phenoxy) is 1. The molecule has 5 nitrogen and oxygen atoms in total. The minimum absolute atomic E-state index is 0.0367. The van der Waals surface area contributed by atoms with Crippen LogP contribution in [0.2, 0.25) is 0 Å². The molecule has 23 heavy (non-hydrogen) atoms. The number of carbonyl (C=O) groups is 2. The molecule has 0 radical (unpaired) electrons. The summed E-state index contributed by atoms with van der Waals surface area (Å²) in [5.74, 6) is -1.42. The van der Waals surface area contributed by atoms with Gasteiger partial charge in [-0.25, -0.2) is 13.6 Å². The van der Waals surface area contributed by atoms with Crippen molar-refractivity contribution in [3.05, 3.63) is 36.0 Å². The van der Waals surface area contributed by atoms with Crippen molar-refractivity contribution in [2.75, 3.05) is 22.9 Å². The van der Waals surface area contributed by atoms with Gasteiger partial charge in [0.1, 0.15) is 17.7 Å². The fourth-order valence-electron chi connectivity index (χ4n) is 2.65. The maximum atomic E-state index is 14.4. The maximum absolute atomic E-state index is 14.4. The lowest BCUT2D eigenvalue weighted by Crippen LogP contribution is -2.27. The van der Waals surface area contributed by atoms with Crippen LogP contribution in [0.1, 0.15) is 19.8 Å². The second-order valence-corrected chi connectivity index (χ2v) is 5.51. The van der Waals surface area contributed by atoms with Crippen molar-refractivity contribution >= 4 is 23.3 Å². The van der Waals surface area contributed by atoms with Crippen LogP contribution >= 0.6 is 0 Å². The number of carbonyl (C=O) groups excluding carboxylic acids is 2. The van der Waals surface area contributed by atoms with E-state index in [-0.39, 0.29) is 42.8 Å².